The molecule has 0 aliphatic heterocycles. The molecule has 0 spiro atoms. The highest BCUT2D eigenvalue weighted by Crippen LogP contribution is 2.35. The van der Waals surface area contributed by atoms with Crippen LogP contribution in [0.3, 0.4) is 0 Å². The average Bonchev–Trinajstić information content (AvgIpc) is 2.36. The van der Waals surface area contributed by atoms with Gasteiger partial charge >= 0.3 is 0 Å². The number of hydrogen-bond acceptors (Lipinski definition) is 5. The third-order valence-corrected chi connectivity index (χ3v) is 2.73. The normalized spacial score (nSPS) is 12.0. The molecule has 0 aromatic heterocycles. The lowest BCUT2D eigenvalue weighted by atomic mass is 10.0. The van der Waals surface area contributed by atoms with Crippen molar-refractivity contribution in [2.75, 3.05) is 13.7 Å². The van der Waals surface area contributed by atoms with Crippen LogP contribution in [0.1, 0.15) is 25.8 Å². The lowest BCUT2D eigenvalue weighted by molar-refractivity contribution is -0.385. The van der Waals surface area contributed by atoms with Crippen molar-refractivity contribution < 1.29 is 14.4 Å². The van der Waals surface area contributed by atoms with Crippen LogP contribution in [-0.2, 0) is 6.42 Å². The molecule has 2 N–H and O–H groups in total. The second kappa shape index (κ2) is 6.94. The second-order valence-electron chi connectivity index (χ2n) is 4.34. The van der Waals surface area contributed by atoms with E-state index in [9.17, 15) is 10.1 Å². The molecule has 1 unspecified atom stereocenters. The van der Waals surface area contributed by atoms with Gasteiger partial charge in [0.05, 0.1) is 24.7 Å². The lowest BCUT2D eigenvalue weighted by Crippen LogP contribution is -2.15. The molecular weight excluding hydrogens is 248 g/mol. The van der Waals surface area contributed by atoms with Gasteiger partial charge in [0, 0.05) is 11.6 Å². The average molecular weight is 268 g/mol. The smallest absolute Gasteiger partial charge is 0.276 e. The summed E-state index contributed by atoms with van der Waals surface area (Å²) in [5.74, 6) is 0.897. The molecule has 6 nitrogen and oxygen atoms in total. The number of ether oxygens (including phenoxy) is 2. The maximum absolute atomic E-state index is 11.1. The fourth-order valence-corrected chi connectivity index (χ4v) is 1.77. The Morgan fingerprint density at radius 2 is 2.11 bits per heavy atom. The number of nitro benzene ring substituents is 1. The topological polar surface area (TPSA) is 87.6 Å². The van der Waals surface area contributed by atoms with Crippen molar-refractivity contribution in [1.29, 1.82) is 0 Å². The van der Waals surface area contributed by atoms with Crippen molar-refractivity contribution in [3.63, 3.8) is 0 Å². The van der Waals surface area contributed by atoms with E-state index in [4.69, 9.17) is 15.2 Å². The zero-order valence-electron chi connectivity index (χ0n) is 11.5. The molecule has 0 aliphatic rings. The van der Waals surface area contributed by atoms with Crippen molar-refractivity contribution in [2.45, 2.75) is 32.7 Å². The van der Waals surface area contributed by atoms with E-state index in [-0.39, 0.29) is 11.7 Å². The number of rotatable bonds is 7. The van der Waals surface area contributed by atoms with Gasteiger partial charge in [-0.05, 0) is 32.8 Å². The van der Waals surface area contributed by atoms with Gasteiger partial charge in [-0.3, -0.25) is 10.1 Å². The molecule has 0 saturated carbocycles. The van der Waals surface area contributed by atoms with E-state index in [2.05, 4.69) is 0 Å². The standard InChI is InChI=1S/C13H20N2O4/c1-4-19-13-7-10(6-5-9(2)14)11(15(16)17)8-12(13)18-3/h7-9H,4-6,14H2,1-3H3. The molecule has 1 atom stereocenters. The van der Waals surface area contributed by atoms with Gasteiger partial charge in [0.1, 0.15) is 0 Å². The third-order valence-electron chi connectivity index (χ3n) is 2.73. The Morgan fingerprint density at radius 3 is 2.58 bits per heavy atom. The Hall–Kier alpha value is -1.82. The van der Waals surface area contributed by atoms with Crippen LogP contribution in [0.25, 0.3) is 0 Å². The summed E-state index contributed by atoms with van der Waals surface area (Å²) < 4.78 is 10.5. The molecule has 1 rings (SSSR count). The van der Waals surface area contributed by atoms with E-state index in [1.807, 2.05) is 13.8 Å². The monoisotopic (exact) mass is 268 g/mol. The van der Waals surface area contributed by atoms with Crippen molar-refractivity contribution >= 4 is 5.69 Å². The zero-order valence-corrected chi connectivity index (χ0v) is 11.5. The molecule has 0 saturated heterocycles. The largest absolute Gasteiger partial charge is 0.493 e. The van der Waals surface area contributed by atoms with Crippen LogP contribution in [-0.4, -0.2) is 24.7 Å². The molecule has 0 fully saturated rings. The van der Waals surface area contributed by atoms with Crippen LogP contribution in [0.15, 0.2) is 12.1 Å². The zero-order chi connectivity index (χ0) is 14.4. The fraction of sp³-hybridized carbons (Fsp3) is 0.538. The van der Waals surface area contributed by atoms with Crippen molar-refractivity contribution in [3.8, 4) is 11.5 Å². The van der Waals surface area contributed by atoms with Crippen molar-refractivity contribution in [1.82, 2.24) is 0 Å². The predicted molar refractivity (Wildman–Crippen MR) is 72.8 cm³/mol. The van der Waals surface area contributed by atoms with Crippen LogP contribution < -0.4 is 15.2 Å². The van der Waals surface area contributed by atoms with Gasteiger partial charge in [0.15, 0.2) is 11.5 Å². The summed E-state index contributed by atoms with van der Waals surface area (Å²) in [5, 5.41) is 11.1. The number of benzene rings is 1. The summed E-state index contributed by atoms with van der Waals surface area (Å²) >= 11 is 0. The van der Waals surface area contributed by atoms with E-state index in [1.165, 1.54) is 13.2 Å². The van der Waals surface area contributed by atoms with Gasteiger partial charge in [0.2, 0.25) is 0 Å². The Bertz CT molecular complexity index is 447. The highest BCUT2D eigenvalue weighted by molar-refractivity contribution is 5.54. The van der Waals surface area contributed by atoms with Crippen molar-refractivity contribution in [2.24, 2.45) is 5.73 Å². The van der Waals surface area contributed by atoms with Gasteiger partial charge < -0.3 is 15.2 Å². The SMILES string of the molecule is CCOc1cc(CCC(C)N)c([N+](=O)[O-])cc1OC. The Labute approximate surface area is 112 Å². The van der Waals surface area contributed by atoms with Gasteiger partial charge in [-0.25, -0.2) is 0 Å². The number of nitrogens with zero attached hydrogens (tertiary/aromatic N) is 1. The van der Waals surface area contributed by atoms with Crippen LogP contribution >= 0.6 is 0 Å². The number of aryl methyl sites for hydroxylation is 1. The number of nitro groups is 1. The lowest BCUT2D eigenvalue weighted by Gasteiger charge is -2.12. The van der Waals surface area contributed by atoms with Crippen LogP contribution in [0.5, 0.6) is 11.5 Å². The molecular formula is C13H20N2O4. The van der Waals surface area contributed by atoms with Crippen molar-refractivity contribution in [3.05, 3.63) is 27.8 Å². The second-order valence-corrected chi connectivity index (χ2v) is 4.34. The van der Waals surface area contributed by atoms with E-state index in [0.29, 0.717) is 36.5 Å². The predicted octanol–water partition coefficient (Wildman–Crippen LogP) is 2.28. The first-order chi connectivity index (χ1) is 8.99. The highest BCUT2D eigenvalue weighted by atomic mass is 16.6. The van der Waals surface area contributed by atoms with Gasteiger partial charge in [-0.15, -0.1) is 0 Å². The maximum Gasteiger partial charge on any atom is 0.276 e. The Balaban J connectivity index is 3.16. The molecule has 1 aromatic carbocycles. The fourth-order valence-electron chi connectivity index (χ4n) is 1.77. The molecule has 0 heterocycles. The number of hydrogen-bond donors (Lipinski definition) is 1. The summed E-state index contributed by atoms with van der Waals surface area (Å²) in [4.78, 5) is 10.7. The molecule has 0 radical (unpaired) electrons. The van der Waals surface area contributed by atoms with E-state index in [0.717, 1.165) is 0 Å². The minimum atomic E-state index is -0.408. The van der Waals surface area contributed by atoms with Crippen LogP contribution in [0.2, 0.25) is 0 Å². The Kier molecular flexibility index (Phi) is 5.57. The van der Waals surface area contributed by atoms with Gasteiger partial charge in [-0.1, -0.05) is 0 Å². The van der Waals surface area contributed by atoms with Gasteiger partial charge in [0.25, 0.3) is 5.69 Å². The summed E-state index contributed by atoms with van der Waals surface area (Å²) in [6.07, 6.45) is 1.22. The number of nitrogens with two attached hydrogens (primary N) is 1. The molecule has 0 bridgehead atoms. The molecule has 0 aliphatic carbocycles. The molecule has 1 aromatic rings. The quantitative estimate of drug-likeness (QED) is 0.605. The number of methoxy groups -OCH3 is 1. The third kappa shape index (κ3) is 4.10. The summed E-state index contributed by atoms with van der Waals surface area (Å²) in [6.45, 7) is 4.20. The highest BCUT2D eigenvalue weighted by Gasteiger charge is 2.19. The van der Waals surface area contributed by atoms with Crippen LogP contribution in [0.4, 0.5) is 5.69 Å². The van der Waals surface area contributed by atoms with Gasteiger partial charge in [-0.2, -0.15) is 0 Å². The molecule has 106 valence electrons. The molecule has 0 amide bonds. The summed E-state index contributed by atoms with van der Waals surface area (Å²) in [6, 6.07) is 3.07. The minimum absolute atomic E-state index is 0.00255. The maximum atomic E-state index is 11.1. The molecule has 19 heavy (non-hydrogen) atoms. The summed E-state index contributed by atoms with van der Waals surface area (Å²) in [7, 11) is 1.46. The van der Waals surface area contributed by atoms with E-state index < -0.39 is 4.92 Å². The first kappa shape index (κ1) is 15.2. The van der Waals surface area contributed by atoms with E-state index >= 15 is 0 Å². The summed E-state index contributed by atoms with van der Waals surface area (Å²) in [5.41, 5.74) is 6.35. The minimum Gasteiger partial charge on any atom is -0.493 e. The first-order valence-electron chi connectivity index (χ1n) is 6.23. The van der Waals surface area contributed by atoms with Crippen LogP contribution in [0, 0.1) is 10.1 Å². The molecule has 6 heteroatoms. The Morgan fingerprint density at radius 1 is 1.42 bits per heavy atom. The first-order valence-corrected chi connectivity index (χ1v) is 6.23. The van der Waals surface area contributed by atoms with E-state index in [1.54, 1.807) is 6.07 Å².